The first-order chi connectivity index (χ1) is 9.23. The highest BCUT2D eigenvalue weighted by molar-refractivity contribution is 5.85. The van der Waals surface area contributed by atoms with Crippen LogP contribution in [-0.4, -0.2) is 12.5 Å². The van der Waals surface area contributed by atoms with E-state index in [1.165, 1.54) is 32.1 Å². The van der Waals surface area contributed by atoms with Crippen molar-refractivity contribution in [2.24, 2.45) is 23.2 Å². The molecule has 0 aliphatic heterocycles. The molecular weight excluding hydrogens is 236 g/mol. The number of amides is 1. The fourth-order valence-corrected chi connectivity index (χ4v) is 4.56. The molecule has 0 radical (unpaired) electrons. The summed E-state index contributed by atoms with van der Waals surface area (Å²) in [7, 11) is 0. The van der Waals surface area contributed by atoms with Gasteiger partial charge >= 0.3 is 0 Å². The third-order valence-electron chi connectivity index (χ3n) is 5.77. The maximum absolute atomic E-state index is 12.4. The SMILES string of the molecule is N#CC1(C(=O)NCC2CC3CCC2C3)CCCCC1. The van der Waals surface area contributed by atoms with Crippen molar-refractivity contribution < 1.29 is 4.79 Å². The second-order valence-corrected chi connectivity index (χ2v) is 6.90. The smallest absolute Gasteiger partial charge is 0.240 e. The van der Waals surface area contributed by atoms with E-state index >= 15 is 0 Å². The van der Waals surface area contributed by atoms with Crippen LogP contribution in [0.3, 0.4) is 0 Å². The molecule has 3 saturated carbocycles. The molecule has 3 aliphatic carbocycles. The molecule has 0 saturated heterocycles. The zero-order valence-corrected chi connectivity index (χ0v) is 11.7. The van der Waals surface area contributed by atoms with Gasteiger partial charge in [-0.25, -0.2) is 0 Å². The van der Waals surface area contributed by atoms with Gasteiger partial charge in [-0.1, -0.05) is 25.7 Å². The molecule has 3 heteroatoms. The minimum Gasteiger partial charge on any atom is -0.354 e. The maximum Gasteiger partial charge on any atom is 0.240 e. The minimum atomic E-state index is -0.712. The maximum atomic E-state index is 12.4. The number of nitrogens with one attached hydrogen (secondary N) is 1. The van der Waals surface area contributed by atoms with E-state index in [4.69, 9.17) is 0 Å². The lowest BCUT2D eigenvalue weighted by molar-refractivity contribution is -0.129. The zero-order chi connectivity index (χ0) is 13.3. The summed E-state index contributed by atoms with van der Waals surface area (Å²) in [5.74, 6) is 2.46. The molecule has 0 heterocycles. The summed E-state index contributed by atoms with van der Waals surface area (Å²) in [5.41, 5.74) is -0.712. The number of rotatable bonds is 3. The van der Waals surface area contributed by atoms with Gasteiger partial charge in [-0.3, -0.25) is 4.79 Å². The third kappa shape index (κ3) is 2.38. The molecule has 104 valence electrons. The predicted molar refractivity (Wildman–Crippen MR) is 73.1 cm³/mol. The summed E-state index contributed by atoms with van der Waals surface area (Å²) in [5, 5.41) is 12.5. The van der Waals surface area contributed by atoms with Crippen molar-refractivity contribution in [3.05, 3.63) is 0 Å². The average molecular weight is 260 g/mol. The van der Waals surface area contributed by atoms with Crippen LogP contribution >= 0.6 is 0 Å². The molecule has 3 rings (SSSR count). The van der Waals surface area contributed by atoms with Crippen molar-refractivity contribution in [1.82, 2.24) is 5.32 Å². The lowest BCUT2D eigenvalue weighted by atomic mass is 9.74. The lowest BCUT2D eigenvalue weighted by Gasteiger charge is -2.30. The Bertz CT molecular complexity index is 392. The Balaban J connectivity index is 1.54. The van der Waals surface area contributed by atoms with Crippen molar-refractivity contribution >= 4 is 5.91 Å². The molecule has 0 aromatic carbocycles. The average Bonchev–Trinajstić information content (AvgIpc) is 3.08. The zero-order valence-electron chi connectivity index (χ0n) is 11.7. The van der Waals surface area contributed by atoms with Gasteiger partial charge in [0, 0.05) is 6.54 Å². The third-order valence-corrected chi connectivity index (χ3v) is 5.77. The van der Waals surface area contributed by atoms with Crippen LogP contribution in [0, 0.1) is 34.5 Å². The molecule has 19 heavy (non-hydrogen) atoms. The number of carbonyl (C=O) groups is 1. The number of carbonyl (C=O) groups excluding carboxylic acids is 1. The monoisotopic (exact) mass is 260 g/mol. The molecule has 0 spiro atoms. The van der Waals surface area contributed by atoms with Crippen LogP contribution in [0.4, 0.5) is 0 Å². The van der Waals surface area contributed by atoms with Crippen molar-refractivity contribution in [2.45, 2.75) is 57.8 Å². The molecular formula is C16H24N2O. The normalized spacial score (nSPS) is 35.8. The topological polar surface area (TPSA) is 52.9 Å². The van der Waals surface area contributed by atoms with E-state index < -0.39 is 5.41 Å². The molecule has 3 fully saturated rings. The van der Waals surface area contributed by atoms with Gasteiger partial charge in [0.1, 0.15) is 5.41 Å². The van der Waals surface area contributed by atoms with Gasteiger partial charge in [-0.05, 0) is 49.9 Å². The summed E-state index contributed by atoms with van der Waals surface area (Å²) < 4.78 is 0. The van der Waals surface area contributed by atoms with Crippen LogP contribution in [0.25, 0.3) is 0 Å². The van der Waals surface area contributed by atoms with E-state index in [1.54, 1.807) is 0 Å². The van der Waals surface area contributed by atoms with Crippen molar-refractivity contribution in [1.29, 1.82) is 5.26 Å². The number of nitriles is 1. The van der Waals surface area contributed by atoms with E-state index in [0.717, 1.165) is 44.1 Å². The van der Waals surface area contributed by atoms with E-state index in [-0.39, 0.29) is 5.91 Å². The highest BCUT2D eigenvalue weighted by atomic mass is 16.2. The fraction of sp³-hybridized carbons (Fsp3) is 0.875. The standard InChI is InChI=1S/C16H24N2O/c17-11-16(6-2-1-3-7-16)15(19)18-10-14-9-12-4-5-13(14)8-12/h12-14H,1-10H2,(H,18,19). The summed E-state index contributed by atoms with van der Waals surface area (Å²) in [6.45, 7) is 0.809. The van der Waals surface area contributed by atoms with Gasteiger partial charge in [-0.15, -0.1) is 0 Å². The summed E-state index contributed by atoms with van der Waals surface area (Å²) in [4.78, 5) is 12.4. The van der Waals surface area contributed by atoms with Gasteiger partial charge < -0.3 is 5.32 Å². The van der Waals surface area contributed by atoms with E-state index in [2.05, 4.69) is 11.4 Å². The Morgan fingerprint density at radius 3 is 2.58 bits per heavy atom. The first-order valence-corrected chi connectivity index (χ1v) is 7.93. The highest BCUT2D eigenvalue weighted by Gasteiger charge is 2.42. The van der Waals surface area contributed by atoms with Crippen LogP contribution in [0.15, 0.2) is 0 Å². The number of nitrogens with zero attached hydrogens (tertiary/aromatic N) is 1. The van der Waals surface area contributed by atoms with Crippen molar-refractivity contribution in [2.75, 3.05) is 6.54 Å². The van der Waals surface area contributed by atoms with Crippen LogP contribution in [0.1, 0.15) is 57.8 Å². The Morgan fingerprint density at radius 1 is 1.21 bits per heavy atom. The molecule has 3 nitrogen and oxygen atoms in total. The Morgan fingerprint density at radius 2 is 2.00 bits per heavy atom. The summed E-state index contributed by atoms with van der Waals surface area (Å²) in [6.07, 6.45) is 10.2. The molecule has 0 aromatic rings. The minimum absolute atomic E-state index is 0.0115. The van der Waals surface area contributed by atoms with Gasteiger partial charge in [0.2, 0.25) is 5.91 Å². The van der Waals surface area contributed by atoms with Crippen LogP contribution in [0.5, 0.6) is 0 Å². The van der Waals surface area contributed by atoms with Gasteiger partial charge in [0.25, 0.3) is 0 Å². The van der Waals surface area contributed by atoms with E-state index in [0.29, 0.717) is 5.92 Å². The molecule has 3 aliphatic rings. The van der Waals surface area contributed by atoms with E-state index in [1.807, 2.05) is 0 Å². The number of hydrogen-bond donors (Lipinski definition) is 1. The Labute approximate surface area is 115 Å². The molecule has 3 atom stereocenters. The first-order valence-electron chi connectivity index (χ1n) is 7.93. The van der Waals surface area contributed by atoms with Crippen molar-refractivity contribution in [3.8, 4) is 6.07 Å². The fourth-order valence-electron chi connectivity index (χ4n) is 4.56. The lowest BCUT2D eigenvalue weighted by Crippen LogP contribution is -2.43. The van der Waals surface area contributed by atoms with Gasteiger partial charge in [0.15, 0.2) is 0 Å². The number of hydrogen-bond acceptors (Lipinski definition) is 2. The second-order valence-electron chi connectivity index (χ2n) is 6.90. The second kappa shape index (κ2) is 5.15. The first kappa shape index (κ1) is 13.0. The molecule has 1 N–H and O–H groups in total. The van der Waals surface area contributed by atoms with Crippen LogP contribution < -0.4 is 5.32 Å². The summed E-state index contributed by atoms with van der Waals surface area (Å²) in [6, 6.07) is 2.31. The Kier molecular flexibility index (Phi) is 3.52. The molecule has 3 unspecified atom stereocenters. The van der Waals surface area contributed by atoms with Gasteiger partial charge in [0.05, 0.1) is 6.07 Å². The van der Waals surface area contributed by atoms with Crippen LogP contribution in [0.2, 0.25) is 0 Å². The van der Waals surface area contributed by atoms with Crippen LogP contribution in [-0.2, 0) is 4.79 Å². The molecule has 0 aromatic heterocycles. The quantitative estimate of drug-likeness (QED) is 0.848. The summed E-state index contributed by atoms with van der Waals surface area (Å²) >= 11 is 0. The largest absolute Gasteiger partial charge is 0.354 e. The molecule has 2 bridgehead atoms. The number of fused-ring (bicyclic) bond motifs is 2. The molecule has 1 amide bonds. The predicted octanol–water partition coefficient (Wildman–Crippen LogP) is 3.01. The highest BCUT2D eigenvalue weighted by Crippen LogP contribution is 2.48. The van der Waals surface area contributed by atoms with E-state index in [9.17, 15) is 10.1 Å². The van der Waals surface area contributed by atoms with Crippen molar-refractivity contribution in [3.63, 3.8) is 0 Å². The van der Waals surface area contributed by atoms with Gasteiger partial charge in [-0.2, -0.15) is 5.26 Å². The Hall–Kier alpha value is -1.04.